The Balaban J connectivity index is 1.57. The molecule has 0 bridgehead atoms. The summed E-state index contributed by atoms with van der Waals surface area (Å²) in [5.41, 5.74) is 5.75. The fourth-order valence-electron chi connectivity index (χ4n) is 2.65. The maximum Gasteiger partial charge on any atom is 0.269 e. The van der Waals surface area contributed by atoms with Crippen LogP contribution in [0.2, 0.25) is 10.0 Å². The summed E-state index contributed by atoms with van der Waals surface area (Å²) in [5, 5.41) is 1.08. The van der Waals surface area contributed by atoms with Gasteiger partial charge in [0.15, 0.2) is 0 Å². The summed E-state index contributed by atoms with van der Waals surface area (Å²) >= 11 is 11.6. The highest BCUT2D eigenvalue weighted by Crippen LogP contribution is 2.26. The van der Waals surface area contributed by atoms with Crippen molar-refractivity contribution in [1.82, 2.24) is 10.9 Å². The molecule has 2 N–H and O–H groups in total. The molecule has 8 heteroatoms. The molecule has 26 heavy (non-hydrogen) atoms. The number of halogens is 2. The van der Waals surface area contributed by atoms with Crippen LogP contribution in [0.25, 0.3) is 0 Å². The largest absolute Gasteiger partial charge is 0.312 e. The molecule has 0 aromatic heterocycles. The molecule has 0 saturated carbocycles. The standard InChI is InChI=1S/C18H15Cl2N3O3/c19-13-3-1-11(2-4-13)17(25)21-22-18(26)12-9-16(24)23(10-12)15-7-5-14(20)6-8-15/h1-8,12H,9-10H2,(H,21,25)(H,22,26)/t12-/m0/s1. The summed E-state index contributed by atoms with van der Waals surface area (Å²) < 4.78 is 0. The van der Waals surface area contributed by atoms with Gasteiger partial charge in [-0.25, -0.2) is 0 Å². The van der Waals surface area contributed by atoms with Crippen LogP contribution in [0.4, 0.5) is 5.69 Å². The van der Waals surface area contributed by atoms with E-state index in [4.69, 9.17) is 23.2 Å². The van der Waals surface area contributed by atoms with Crippen LogP contribution in [-0.4, -0.2) is 24.3 Å². The Bertz CT molecular complexity index is 838. The van der Waals surface area contributed by atoms with Crippen molar-refractivity contribution in [2.75, 3.05) is 11.4 Å². The second kappa shape index (κ2) is 7.76. The summed E-state index contributed by atoms with van der Waals surface area (Å²) in [6.45, 7) is 0.239. The van der Waals surface area contributed by atoms with E-state index >= 15 is 0 Å². The maximum atomic E-state index is 12.3. The average molecular weight is 392 g/mol. The lowest BCUT2D eigenvalue weighted by molar-refractivity contribution is -0.126. The molecule has 3 rings (SSSR count). The van der Waals surface area contributed by atoms with E-state index in [9.17, 15) is 14.4 Å². The highest BCUT2D eigenvalue weighted by Gasteiger charge is 2.35. The summed E-state index contributed by atoms with van der Waals surface area (Å²) in [4.78, 5) is 38.0. The summed E-state index contributed by atoms with van der Waals surface area (Å²) in [6, 6.07) is 13.1. The molecule has 1 heterocycles. The lowest BCUT2D eigenvalue weighted by atomic mass is 10.1. The molecule has 3 amide bonds. The zero-order valence-corrected chi connectivity index (χ0v) is 15.1. The number of nitrogens with one attached hydrogen (secondary N) is 2. The van der Waals surface area contributed by atoms with E-state index in [2.05, 4.69) is 10.9 Å². The fraction of sp³-hybridized carbons (Fsp3) is 0.167. The zero-order valence-electron chi connectivity index (χ0n) is 13.5. The number of benzene rings is 2. The van der Waals surface area contributed by atoms with Gasteiger partial charge >= 0.3 is 0 Å². The Morgan fingerprint density at radius 2 is 1.50 bits per heavy atom. The number of hydrazine groups is 1. The number of nitrogens with zero attached hydrogens (tertiary/aromatic N) is 1. The van der Waals surface area contributed by atoms with Crippen LogP contribution in [0.3, 0.4) is 0 Å². The van der Waals surface area contributed by atoms with Crippen LogP contribution in [-0.2, 0) is 9.59 Å². The van der Waals surface area contributed by atoms with Gasteiger partial charge in [-0.15, -0.1) is 0 Å². The Morgan fingerprint density at radius 3 is 2.12 bits per heavy atom. The van der Waals surface area contributed by atoms with E-state index in [1.807, 2.05) is 0 Å². The molecule has 1 fully saturated rings. The first-order chi connectivity index (χ1) is 12.4. The third kappa shape index (κ3) is 4.15. The number of carbonyl (C=O) groups is 3. The van der Waals surface area contributed by atoms with E-state index in [0.717, 1.165) is 0 Å². The fourth-order valence-corrected chi connectivity index (χ4v) is 2.90. The van der Waals surface area contributed by atoms with Crippen molar-refractivity contribution in [2.24, 2.45) is 5.92 Å². The molecule has 0 radical (unpaired) electrons. The van der Waals surface area contributed by atoms with E-state index in [1.165, 1.54) is 4.90 Å². The molecule has 1 atom stereocenters. The lowest BCUT2D eigenvalue weighted by Crippen LogP contribution is -2.45. The quantitative estimate of drug-likeness (QED) is 0.789. The van der Waals surface area contributed by atoms with Crippen LogP contribution < -0.4 is 15.8 Å². The van der Waals surface area contributed by atoms with Crippen LogP contribution in [0, 0.1) is 5.92 Å². The molecule has 1 saturated heterocycles. The molecule has 0 spiro atoms. The third-order valence-electron chi connectivity index (χ3n) is 4.04. The van der Waals surface area contributed by atoms with Gasteiger partial charge in [-0.3, -0.25) is 25.2 Å². The molecule has 0 unspecified atom stereocenters. The first-order valence-electron chi connectivity index (χ1n) is 7.86. The van der Waals surface area contributed by atoms with E-state index in [0.29, 0.717) is 21.3 Å². The maximum absolute atomic E-state index is 12.3. The average Bonchev–Trinajstić information content (AvgIpc) is 3.02. The van der Waals surface area contributed by atoms with Crippen molar-refractivity contribution in [3.63, 3.8) is 0 Å². The van der Waals surface area contributed by atoms with E-state index in [-0.39, 0.29) is 18.9 Å². The monoisotopic (exact) mass is 391 g/mol. The predicted molar refractivity (Wildman–Crippen MR) is 99.0 cm³/mol. The molecule has 1 aliphatic rings. The summed E-state index contributed by atoms with van der Waals surface area (Å²) in [7, 11) is 0. The van der Waals surface area contributed by atoms with Crippen molar-refractivity contribution < 1.29 is 14.4 Å². The molecular weight excluding hydrogens is 377 g/mol. The number of hydrogen-bond donors (Lipinski definition) is 2. The predicted octanol–water partition coefficient (Wildman–Crippen LogP) is 2.81. The zero-order chi connectivity index (χ0) is 18.7. The van der Waals surface area contributed by atoms with Crippen molar-refractivity contribution in [3.8, 4) is 0 Å². The SMILES string of the molecule is O=C(NNC(=O)[C@H]1CC(=O)N(c2ccc(Cl)cc2)C1)c1ccc(Cl)cc1. The molecule has 134 valence electrons. The van der Waals surface area contributed by atoms with Gasteiger partial charge in [0.1, 0.15) is 0 Å². The minimum atomic E-state index is -0.552. The first-order valence-corrected chi connectivity index (χ1v) is 8.61. The van der Waals surface area contributed by atoms with Gasteiger partial charge < -0.3 is 4.90 Å². The first kappa shape index (κ1) is 18.2. The number of amides is 3. The van der Waals surface area contributed by atoms with Gasteiger partial charge in [-0.1, -0.05) is 23.2 Å². The van der Waals surface area contributed by atoms with E-state index in [1.54, 1.807) is 48.5 Å². The van der Waals surface area contributed by atoms with Gasteiger partial charge in [0, 0.05) is 34.3 Å². The van der Waals surface area contributed by atoms with Crippen LogP contribution in [0.15, 0.2) is 48.5 Å². The Morgan fingerprint density at radius 1 is 0.923 bits per heavy atom. The lowest BCUT2D eigenvalue weighted by Gasteiger charge is -2.17. The topological polar surface area (TPSA) is 78.5 Å². The van der Waals surface area contributed by atoms with Crippen LogP contribution in [0.1, 0.15) is 16.8 Å². The molecule has 2 aromatic carbocycles. The minimum Gasteiger partial charge on any atom is -0.312 e. The Hall–Kier alpha value is -2.57. The van der Waals surface area contributed by atoms with Crippen molar-refractivity contribution in [2.45, 2.75) is 6.42 Å². The number of anilines is 1. The molecule has 0 aliphatic carbocycles. The molecule has 2 aromatic rings. The van der Waals surface area contributed by atoms with Crippen LogP contribution in [0.5, 0.6) is 0 Å². The molecule has 1 aliphatic heterocycles. The number of carbonyl (C=O) groups excluding carboxylic acids is 3. The molecule has 6 nitrogen and oxygen atoms in total. The van der Waals surface area contributed by atoms with Crippen molar-refractivity contribution >= 4 is 46.6 Å². The van der Waals surface area contributed by atoms with Gasteiger partial charge in [-0.05, 0) is 48.5 Å². The van der Waals surface area contributed by atoms with Gasteiger partial charge in [0.25, 0.3) is 5.91 Å². The Labute approximate surface area is 160 Å². The summed E-state index contributed by atoms with van der Waals surface area (Å²) in [6.07, 6.45) is 0.0747. The van der Waals surface area contributed by atoms with Gasteiger partial charge in [-0.2, -0.15) is 0 Å². The van der Waals surface area contributed by atoms with Crippen molar-refractivity contribution in [1.29, 1.82) is 0 Å². The number of rotatable bonds is 3. The van der Waals surface area contributed by atoms with Gasteiger partial charge in [0.05, 0.1) is 5.92 Å². The number of hydrogen-bond acceptors (Lipinski definition) is 3. The second-order valence-electron chi connectivity index (χ2n) is 5.83. The van der Waals surface area contributed by atoms with Gasteiger partial charge in [0.2, 0.25) is 11.8 Å². The van der Waals surface area contributed by atoms with E-state index < -0.39 is 17.7 Å². The third-order valence-corrected chi connectivity index (χ3v) is 4.54. The highest BCUT2D eigenvalue weighted by molar-refractivity contribution is 6.31. The smallest absolute Gasteiger partial charge is 0.269 e. The second-order valence-corrected chi connectivity index (χ2v) is 6.70. The summed E-state index contributed by atoms with van der Waals surface area (Å²) in [5.74, 6) is -1.59. The minimum absolute atomic E-state index is 0.0747. The Kier molecular flexibility index (Phi) is 5.44. The highest BCUT2D eigenvalue weighted by atomic mass is 35.5. The normalized spacial score (nSPS) is 16.5. The van der Waals surface area contributed by atoms with Crippen LogP contribution >= 0.6 is 23.2 Å². The molecular formula is C18H15Cl2N3O3. The van der Waals surface area contributed by atoms with Crippen molar-refractivity contribution in [3.05, 3.63) is 64.1 Å².